The number of benzene rings is 2. The van der Waals surface area contributed by atoms with Crippen LogP contribution in [-0.2, 0) is 0 Å². The van der Waals surface area contributed by atoms with Crippen molar-refractivity contribution in [2.75, 3.05) is 11.9 Å². The second-order valence-electron chi connectivity index (χ2n) is 5.52. The van der Waals surface area contributed by atoms with Gasteiger partial charge in [0.15, 0.2) is 0 Å². The minimum Gasteiger partial charge on any atom is -0.493 e. The molecule has 0 aromatic heterocycles. The average molecular weight is 366 g/mol. The van der Waals surface area contributed by atoms with E-state index in [0.29, 0.717) is 33.7 Å². The molecule has 24 heavy (non-hydrogen) atoms. The van der Waals surface area contributed by atoms with Crippen LogP contribution in [0, 0.1) is 0 Å². The molecule has 0 unspecified atom stereocenters. The van der Waals surface area contributed by atoms with Gasteiger partial charge in [0.05, 0.1) is 12.2 Å². The maximum absolute atomic E-state index is 12.5. The van der Waals surface area contributed by atoms with E-state index >= 15 is 0 Å². The summed E-state index contributed by atoms with van der Waals surface area (Å²) in [5, 5.41) is 3.74. The van der Waals surface area contributed by atoms with Gasteiger partial charge in [-0.1, -0.05) is 61.5 Å². The third kappa shape index (κ3) is 5.73. The summed E-state index contributed by atoms with van der Waals surface area (Å²) in [6.45, 7) is 2.77. The van der Waals surface area contributed by atoms with E-state index in [-0.39, 0.29) is 5.91 Å². The van der Waals surface area contributed by atoms with Gasteiger partial charge in [-0.15, -0.1) is 0 Å². The molecule has 128 valence electrons. The first-order chi connectivity index (χ1) is 11.6. The zero-order chi connectivity index (χ0) is 17.4. The van der Waals surface area contributed by atoms with E-state index in [1.165, 1.54) is 12.8 Å². The highest BCUT2D eigenvalue weighted by Crippen LogP contribution is 2.24. The van der Waals surface area contributed by atoms with Crippen molar-refractivity contribution in [3.05, 3.63) is 58.1 Å². The number of anilines is 1. The Morgan fingerprint density at radius 3 is 2.46 bits per heavy atom. The van der Waals surface area contributed by atoms with Crippen molar-refractivity contribution >= 4 is 34.8 Å². The van der Waals surface area contributed by atoms with Gasteiger partial charge in [-0.3, -0.25) is 4.79 Å². The second-order valence-corrected chi connectivity index (χ2v) is 6.39. The van der Waals surface area contributed by atoms with Crippen molar-refractivity contribution in [1.82, 2.24) is 0 Å². The van der Waals surface area contributed by atoms with Gasteiger partial charge in [0.25, 0.3) is 5.91 Å². The van der Waals surface area contributed by atoms with Gasteiger partial charge >= 0.3 is 0 Å². The number of unbranched alkanes of at least 4 members (excludes halogenated alkanes) is 3. The third-order valence-electron chi connectivity index (χ3n) is 3.51. The summed E-state index contributed by atoms with van der Waals surface area (Å²) in [7, 11) is 0. The smallest absolute Gasteiger partial charge is 0.259 e. The van der Waals surface area contributed by atoms with Crippen molar-refractivity contribution < 1.29 is 9.53 Å². The standard InChI is InChI=1S/C19H21Cl2NO2/c1-2-3-4-7-10-24-18-9-6-5-8-17(18)19(23)22-16-12-14(20)11-15(21)13-16/h5-6,8-9,11-13H,2-4,7,10H2,1H3,(H,22,23). The van der Waals surface area contributed by atoms with Crippen molar-refractivity contribution in [3.8, 4) is 5.75 Å². The van der Waals surface area contributed by atoms with Crippen LogP contribution < -0.4 is 10.1 Å². The topological polar surface area (TPSA) is 38.3 Å². The molecule has 0 aliphatic heterocycles. The minimum absolute atomic E-state index is 0.252. The number of hydrogen-bond acceptors (Lipinski definition) is 2. The van der Waals surface area contributed by atoms with Crippen LogP contribution in [0.2, 0.25) is 10.0 Å². The Kier molecular flexibility index (Phi) is 7.41. The lowest BCUT2D eigenvalue weighted by Crippen LogP contribution is -2.14. The predicted molar refractivity (Wildman–Crippen MR) is 100 cm³/mol. The molecule has 0 heterocycles. The molecule has 1 amide bonds. The summed E-state index contributed by atoms with van der Waals surface area (Å²) < 4.78 is 5.78. The van der Waals surface area contributed by atoms with Gasteiger partial charge in [0.1, 0.15) is 5.75 Å². The number of ether oxygens (including phenoxy) is 1. The zero-order valence-electron chi connectivity index (χ0n) is 13.6. The Balaban J connectivity index is 2.03. The molecule has 0 spiro atoms. The lowest BCUT2D eigenvalue weighted by molar-refractivity contribution is 0.102. The quantitative estimate of drug-likeness (QED) is 0.565. The number of rotatable bonds is 8. The molecule has 2 aromatic carbocycles. The van der Waals surface area contributed by atoms with Gasteiger partial charge in [0.2, 0.25) is 0 Å². The zero-order valence-corrected chi connectivity index (χ0v) is 15.2. The number of para-hydroxylation sites is 1. The summed E-state index contributed by atoms with van der Waals surface area (Å²) in [5.74, 6) is 0.331. The summed E-state index contributed by atoms with van der Waals surface area (Å²) >= 11 is 11.9. The first kappa shape index (κ1) is 18.6. The second kappa shape index (κ2) is 9.55. The number of carbonyl (C=O) groups is 1. The molecule has 0 saturated carbocycles. The van der Waals surface area contributed by atoms with Gasteiger partial charge in [-0.2, -0.15) is 0 Å². The Morgan fingerprint density at radius 2 is 1.75 bits per heavy atom. The Bertz CT molecular complexity index is 669. The lowest BCUT2D eigenvalue weighted by atomic mass is 10.1. The van der Waals surface area contributed by atoms with Crippen molar-refractivity contribution in [3.63, 3.8) is 0 Å². The van der Waals surface area contributed by atoms with Crippen LogP contribution >= 0.6 is 23.2 Å². The Morgan fingerprint density at radius 1 is 1.04 bits per heavy atom. The van der Waals surface area contributed by atoms with Crippen molar-refractivity contribution in [2.24, 2.45) is 0 Å². The van der Waals surface area contributed by atoms with Crippen LogP contribution in [0.5, 0.6) is 5.75 Å². The SMILES string of the molecule is CCCCCCOc1ccccc1C(=O)Nc1cc(Cl)cc(Cl)c1. The molecule has 0 aliphatic rings. The van der Waals surface area contributed by atoms with E-state index < -0.39 is 0 Å². The fourth-order valence-electron chi connectivity index (χ4n) is 2.32. The van der Waals surface area contributed by atoms with E-state index in [4.69, 9.17) is 27.9 Å². The molecule has 0 saturated heterocycles. The van der Waals surface area contributed by atoms with Crippen molar-refractivity contribution in [2.45, 2.75) is 32.6 Å². The maximum atomic E-state index is 12.5. The molecule has 0 radical (unpaired) electrons. The predicted octanol–water partition coefficient (Wildman–Crippen LogP) is 6.20. The largest absolute Gasteiger partial charge is 0.493 e. The molecular formula is C19H21Cl2NO2. The van der Waals surface area contributed by atoms with Crippen LogP contribution in [-0.4, -0.2) is 12.5 Å². The van der Waals surface area contributed by atoms with E-state index in [2.05, 4.69) is 12.2 Å². The molecule has 0 aliphatic carbocycles. The molecule has 0 atom stereocenters. The summed E-state index contributed by atoms with van der Waals surface area (Å²) in [5.41, 5.74) is 1.04. The molecule has 5 heteroatoms. The van der Waals surface area contributed by atoms with Crippen LogP contribution in [0.15, 0.2) is 42.5 Å². The highest BCUT2D eigenvalue weighted by atomic mass is 35.5. The average Bonchev–Trinajstić information content (AvgIpc) is 2.54. The number of amides is 1. The summed E-state index contributed by atoms with van der Waals surface area (Å²) in [6.07, 6.45) is 4.49. The van der Waals surface area contributed by atoms with Gasteiger partial charge in [0, 0.05) is 15.7 Å². The summed E-state index contributed by atoms with van der Waals surface area (Å²) in [6, 6.07) is 12.1. The first-order valence-electron chi connectivity index (χ1n) is 8.09. The minimum atomic E-state index is -0.252. The number of halogens is 2. The monoisotopic (exact) mass is 365 g/mol. The molecular weight excluding hydrogens is 345 g/mol. The fraction of sp³-hybridized carbons (Fsp3) is 0.316. The molecule has 0 bridgehead atoms. The van der Waals surface area contributed by atoms with E-state index in [0.717, 1.165) is 12.8 Å². The van der Waals surface area contributed by atoms with E-state index in [1.807, 2.05) is 12.1 Å². The molecule has 0 fully saturated rings. The molecule has 1 N–H and O–H groups in total. The molecule has 2 rings (SSSR count). The third-order valence-corrected chi connectivity index (χ3v) is 3.94. The van der Waals surface area contributed by atoms with E-state index in [1.54, 1.807) is 30.3 Å². The molecule has 3 nitrogen and oxygen atoms in total. The fourth-order valence-corrected chi connectivity index (χ4v) is 2.84. The molecule has 2 aromatic rings. The highest BCUT2D eigenvalue weighted by Gasteiger charge is 2.13. The van der Waals surface area contributed by atoms with Crippen molar-refractivity contribution in [1.29, 1.82) is 0 Å². The normalized spacial score (nSPS) is 10.5. The summed E-state index contributed by atoms with van der Waals surface area (Å²) in [4.78, 5) is 12.5. The first-order valence-corrected chi connectivity index (χ1v) is 8.85. The van der Waals surface area contributed by atoms with Crippen LogP contribution in [0.1, 0.15) is 43.0 Å². The van der Waals surface area contributed by atoms with Crippen LogP contribution in [0.25, 0.3) is 0 Å². The Labute approximate surface area is 152 Å². The van der Waals surface area contributed by atoms with E-state index in [9.17, 15) is 4.79 Å². The van der Waals surface area contributed by atoms with Gasteiger partial charge in [-0.25, -0.2) is 0 Å². The maximum Gasteiger partial charge on any atom is 0.259 e. The number of hydrogen-bond donors (Lipinski definition) is 1. The highest BCUT2D eigenvalue weighted by molar-refractivity contribution is 6.35. The lowest BCUT2D eigenvalue weighted by Gasteiger charge is -2.12. The number of carbonyl (C=O) groups excluding carboxylic acids is 1. The van der Waals surface area contributed by atoms with Crippen LogP contribution in [0.4, 0.5) is 5.69 Å². The van der Waals surface area contributed by atoms with Crippen LogP contribution in [0.3, 0.4) is 0 Å². The number of nitrogens with one attached hydrogen (secondary N) is 1. The van der Waals surface area contributed by atoms with Gasteiger partial charge < -0.3 is 10.1 Å². The van der Waals surface area contributed by atoms with Gasteiger partial charge in [-0.05, 0) is 36.8 Å². The Hall–Kier alpha value is -1.71.